The van der Waals surface area contributed by atoms with Gasteiger partial charge < -0.3 is 19.9 Å². The van der Waals surface area contributed by atoms with Gasteiger partial charge in [0.15, 0.2) is 0 Å². The highest BCUT2D eigenvalue weighted by atomic mass is 16.5. The van der Waals surface area contributed by atoms with Gasteiger partial charge in [0.2, 0.25) is 5.91 Å². The fraction of sp³-hybridized carbons (Fsp3) is 0.286. The highest BCUT2D eigenvalue weighted by Gasteiger charge is 2.34. The molecule has 2 aromatic carbocycles. The Morgan fingerprint density at radius 1 is 1.15 bits per heavy atom. The minimum absolute atomic E-state index is 0.0625. The maximum absolute atomic E-state index is 12.8. The van der Waals surface area contributed by atoms with Crippen molar-refractivity contribution in [3.05, 3.63) is 66.4 Å². The molecule has 0 radical (unpaired) electrons. The summed E-state index contributed by atoms with van der Waals surface area (Å²) in [5, 5.41) is 1.15. The molecule has 0 spiro atoms. The van der Waals surface area contributed by atoms with Crippen LogP contribution in [0.4, 0.5) is 0 Å². The van der Waals surface area contributed by atoms with Gasteiger partial charge in [-0.15, -0.1) is 0 Å². The number of carbonyl (C=O) groups excluding carboxylic acids is 1. The van der Waals surface area contributed by atoms with E-state index in [-0.39, 0.29) is 17.9 Å². The molecule has 2 heterocycles. The van der Waals surface area contributed by atoms with Crippen LogP contribution in [-0.2, 0) is 11.3 Å². The number of rotatable bonds is 4. The van der Waals surface area contributed by atoms with Crippen LogP contribution in [0.15, 0.2) is 60.8 Å². The van der Waals surface area contributed by atoms with Crippen LogP contribution in [-0.4, -0.2) is 41.6 Å². The van der Waals surface area contributed by atoms with E-state index in [4.69, 9.17) is 10.5 Å². The molecule has 1 saturated heterocycles. The van der Waals surface area contributed by atoms with Crippen LogP contribution >= 0.6 is 0 Å². The molecule has 0 saturated carbocycles. The predicted octanol–water partition coefficient (Wildman–Crippen LogP) is 2.60. The van der Waals surface area contributed by atoms with E-state index >= 15 is 0 Å². The number of aromatic nitrogens is 1. The van der Waals surface area contributed by atoms with E-state index in [1.165, 1.54) is 0 Å². The van der Waals surface area contributed by atoms with Crippen molar-refractivity contribution in [1.29, 1.82) is 0 Å². The van der Waals surface area contributed by atoms with Crippen LogP contribution in [0.25, 0.3) is 10.9 Å². The summed E-state index contributed by atoms with van der Waals surface area (Å²) in [5.41, 5.74) is 8.55. The lowest BCUT2D eigenvalue weighted by Crippen LogP contribution is -2.34. The largest absolute Gasteiger partial charge is 0.497 e. The molecule has 0 bridgehead atoms. The van der Waals surface area contributed by atoms with E-state index in [9.17, 15) is 4.79 Å². The summed E-state index contributed by atoms with van der Waals surface area (Å²) in [6, 6.07) is 18.0. The van der Waals surface area contributed by atoms with Crippen molar-refractivity contribution in [1.82, 2.24) is 9.47 Å². The Labute approximate surface area is 153 Å². The highest BCUT2D eigenvalue weighted by molar-refractivity contribution is 5.83. The lowest BCUT2D eigenvalue weighted by molar-refractivity contribution is -0.130. The van der Waals surface area contributed by atoms with E-state index in [0.717, 1.165) is 22.2 Å². The summed E-state index contributed by atoms with van der Waals surface area (Å²) in [6.45, 7) is 1.57. The van der Waals surface area contributed by atoms with Gasteiger partial charge in [-0.05, 0) is 35.2 Å². The third-order valence-corrected chi connectivity index (χ3v) is 5.23. The van der Waals surface area contributed by atoms with Crippen LogP contribution < -0.4 is 10.5 Å². The van der Waals surface area contributed by atoms with Crippen molar-refractivity contribution in [2.45, 2.75) is 18.5 Å². The Morgan fingerprint density at radius 3 is 2.85 bits per heavy atom. The van der Waals surface area contributed by atoms with Crippen LogP contribution in [0.5, 0.6) is 5.75 Å². The SMILES string of the molecule is COc1cccc([C@H]2CN(C(=O)Cn3ccc4ccccc43)C[C@@H]2N)c1. The van der Waals surface area contributed by atoms with Crippen LogP contribution in [0.3, 0.4) is 0 Å². The summed E-state index contributed by atoms with van der Waals surface area (Å²) in [5.74, 6) is 1.06. The van der Waals surface area contributed by atoms with E-state index < -0.39 is 0 Å². The second-order valence-corrected chi connectivity index (χ2v) is 6.85. The quantitative estimate of drug-likeness (QED) is 0.788. The number of hydrogen-bond donors (Lipinski definition) is 1. The molecule has 4 rings (SSSR count). The highest BCUT2D eigenvalue weighted by Crippen LogP contribution is 2.29. The number of para-hydroxylation sites is 1. The molecule has 0 aliphatic carbocycles. The average Bonchev–Trinajstić information content (AvgIpc) is 3.26. The number of ether oxygens (including phenoxy) is 1. The Bertz CT molecular complexity index is 934. The molecule has 1 aliphatic heterocycles. The van der Waals surface area contributed by atoms with Crippen molar-refractivity contribution in [2.24, 2.45) is 5.73 Å². The third kappa shape index (κ3) is 3.06. The molecule has 5 heteroatoms. The molecule has 26 heavy (non-hydrogen) atoms. The van der Waals surface area contributed by atoms with E-state index in [2.05, 4.69) is 12.1 Å². The Morgan fingerprint density at radius 2 is 2.00 bits per heavy atom. The smallest absolute Gasteiger partial charge is 0.242 e. The monoisotopic (exact) mass is 349 g/mol. The van der Waals surface area contributed by atoms with Crippen molar-refractivity contribution in [3.63, 3.8) is 0 Å². The van der Waals surface area contributed by atoms with Gasteiger partial charge in [-0.3, -0.25) is 4.79 Å². The molecule has 134 valence electrons. The van der Waals surface area contributed by atoms with Crippen molar-refractivity contribution in [2.75, 3.05) is 20.2 Å². The van der Waals surface area contributed by atoms with E-state index in [1.54, 1.807) is 7.11 Å². The van der Waals surface area contributed by atoms with Gasteiger partial charge in [0.1, 0.15) is 12.3 Å². The van der Waals surface area contributed by atoms with Gasteiger partial charge in [0.05, 0.1) is 7.11 Å². The summed E-state index contributed by atoms with van der Waals surface area (Å²) in [4.78, 5) is 14.7. The minimum Gasteiger partial charge on any atom is -0.497 e. The summed E-state index contributed by atoms with van der Waals surface area (Å²) in [7, 11) is 1.66. The molecule has 1 fully saturated rings. The molecule has 2 N–H and O–H groups in total. The Kier molecular flexibility index (Phi) is 4.39. The topological polar surface area (TPSA) is 60.5 Å². The molecule has 3 aromatic rings. The van der Waals surface area contributed by atoms with E-state index in [0.29, 0.717) is 19.6 Å². The second kappa shape index (κ2) is 6.84. The van der Waals surface area contributed by atoms with Crippen molar-refractivity contribution < 1.29 is 9.53 Å². The van der Waals surface area contributed by atoms with Crippen LogP contribution in [0, 0.1) is 0 Å². The van der Waals surface area contributed by atoms with Gasteiger partial charge in [-0.1, -0.05) is 30.3 Å². The molecule has 1 amide bonds. The fourth-order valence-electron chi connectivity index (χ4n) is 3.78. The van der Waals surface area contributed by atoms with Gasteiger partial charge in [0, 0.05) is 36.8 Å². The lowest BCUT2D eigenvalue weighted by Gasteiger charge is -2.17. The Hall–Kier alpha value is -2.79. The number of methoxy groups -OCH3 is 1. The first-order valence-electron chi connectivity index (χ1n) is 8.87. The third-order valence-electron chi connectivity index (χ3n) is 5.23. The number of nitrogens with zero attached hydrogens (tertiary/aromatic N) is 2. The number of nitrogens with two attached hydrogens (primary N) is 1. The summed E-state index contributed by atoms with van der Waals surface area (Å²) < 4.78 is 7.31. The Balaban J connectivity index is 1.49. The number of hydrogen-bond acceptors (Lipinski definition) is 3. The minimum atomic E-state index is -0.0625. The van der Waals surface area contributed by atoms with Gasteiger partial charge in [0.25, 0.3) is 0 Å². The molecule has 1 aromatic heterocycles. The first-order valence-corrected chi connectivity index (χ1v) is 8.87. The number of amides is 1. The maximum atomic E-state index is 12.8. The zero-order valence-corrected chi connectivity index (χ0v) is 14.8. The number of carbonyl (C=O) groups is 1. The van der Waals surface area contributed by atoms with Crippen LogP contribution in [0.1, 0.15) is 11.5 Å². The molecule has 0 unspecified atom stereocenters. The summed E-state index contributed by atoms with van der Waals surface area (Å²) >= 11 is 0. The average molecular weight is 349 g/mol. The number of fused-ring (bicyclic) bond motifs is 1. The molecular formula is C21H23N3O2. The first kappa shape index (κ1) is 16.7. The number of likely N-dealkylation sites (tertiary alicyclic amines) is 1. The van der Waals surface area contributed by atoms with E-state index in [1.807, 2.05) is 58.1 Å². The number of benzene rings is 2. The van der Waals surface area contributed by atoms with Crippen molar-refractivity contribution >= 4 is 16.8 Å². The zero-order valence-electron chi connectivity index (χ0n) is 14.8. The zero-order chi connectivity index (χ0) is 18.1. The van der Waals surface area contributed by atoms with Crippen molar-refractivity contribution in [3.8, 4) is 5.75 Å². The summed E-state index contributed by atoms with van der Waals surface area (Å²) in [6.07, 6.45) is 1.97. The van der Waals surface area contributed by atoms with Gasteiger partial charge in [-0.25, -0.2) is 0 Å². The van der Waals surface area contributed by atoms with Gasteiger partial charge in [-0.2, -0.15) is 0 Å². The van der Waals surface area contributed by atoms with Crippen LogP contribution in [0.2, 0.25) is 0 Å². The maximum Gasteiger partial charge on any atom is 0.242 e. The lowest BCUT2D eigenvalue weighted by atomic mass is 9.95. The molecular weight excluding hydrogens is 326 g/mol. The normalized spacial score (nSPS) is 19.8. The molecule has 1 aliphatic rings. The van der Waals surface area contributed by atoms with Gasteiger partial charge >= 0.3 is 0 Å². The fourth-order valence-corrected chi connectivity index (χ4v) is 3.78. The molecule has 5 nitrogen and oxygen atoms in total. The second-order valence-electron chi connectivity index (χ2n) is 6.85. The standard InChI is InChI=1S/C21H23N3O2/c1-26-17-7-4-6-16(11-17)18-12-24(13-19(18)22)21(25)14-23-10-9-15-5-2-3-8-20(15)23/h2-11,18-19H,12-14,22H2,1H3/t18-,19+/m1/s1. The predicted molar refractivity (Wildman–Crippen MR) is 102 cm³/mol. The first-order chi connectivity index (χ1) is 12.7. The molecule has 2 atom stereocenters.